The Morgan fingerprint density at radius 2 is 0.882 bits per heavy atom. The standard InChI is InChI=1S/C48H29N3/c1-49-36-24-26-44-40(29-36)39-28-34(23-25-43(39)48(44)41-21-10-8-19-37(41)38-20-9-11-22-42(38)48)33-17-12-18-35(27-33)46-30-45(31-13-4-2-5-14-31)50-47(51-46)32-15-6-3-7-16-32/h2-30H. The number of fused-ring (bicyclic) bond motifs is 10. The third-order valence-electron chi connectivity index (χ3n) is 10.5. The number of benzene rings is 7. The van der Waals surface area contributed by atoms with Crippen LogP contribution < -0.4 is 0 Å². The minimum atomic E-state index is -0.443. The van der Waals surface area contributed by atoms with Gasteiger partial charge in [0.05, 0.1) is 23.4 Å². The molecule has 2 aliphatic rings. The van der Waals surface area contributed by atoms with Crippen LogP contribution in [0, 0.1) is 6.57 Å². The molecule has 7 aromatic carbocycles. The molecule has 10 rings (SSSR count). The summed E-state index contributed by atoms with van der Waals surface area (Å²) < 4.78 is 0. The molecule has 236 valence electrons. The third-order valence-corrected chi connectivity index (χ3v) is 10.5. The maximum atomic E-state index is 7.86. The second-order valence-corrected chi connectivity index (χ2v) is 13.2. The molecule has 1 aromatic heterocycles. The van der Waals surface area contributed by atoms with Crippen LogP contribution >= 0.6 is 0 Å². The van der Waals surface area contributed by atoms with E-state index in [2.05, 4.69) is 138 Å². The molecule has 0 fully saturated rings. The second-order valence-electron chi connectivity index (χ2n) is 13.2. The minimum absolute atomic E-state index is 0.443. The van der Waals surface area contributed by atoms with E-state index in [0.29, 0.717) is 11.5 Å². The molecule has 2 aliphatic carbocycles. The van der Waals surface area contributed by atoms with Crippen LogP contribution in [-0.2, 0) is 5.41 Å². The van der Waals surface area contributed by atoms with Crippen LogP contribution in [0.3, 0.4) is 0 Å². The predicted molar refractivity (Wildman–Crippen MR) is 206 cm³/mol. The Hall–Kier alpha value is -6.89. The molecule has 1 heterocycles. The SMILES string of the molecule is [C-]#[N+]c1ccc2c(c1)-c1cc(-c3cccc(-c4cc(-c5ccccc5)nc(-c5ccccc5)n4)c3)ccc1C21c2ccccc2-c2ccccc21. The van der Waals surface area contributed by atoms with Crippen molar-refractivity contribution in [1.29, 1.82) is 0 Å². The molecule has 0 saturated carbocycles. The summed E-state index contributed by atoms with van der Waals surface area (Å²) in [5.41, 5.74) is 17.2. The maximum Gasteiger partial charge on any atom is 0.187 e. The summed E-state index contributed by atoms with van der Waals surface area (Å²) in [6.07, 6.45) is 0. The van der Waals surface area contributed by atoms with Gasteiger partial charge in [-0.1, -0.05) is 152 Å². The average Bonchev–Trinajstić information content (AvgIpc) is 3.68. The van der Waals surface area contributed by atoms with Gasteiger partial charge in [0.1, 0.15) is 0 Å². The molecule has 0 atom stereocenters. The summed E-state index contributed by atoms with van der Waals surface area (Å²) in [7, 11) is 0. The highest BCUT2D eigenvalue weighted by molar-refractivity contribution is 5.97. The van der Waals surface area contributed by atoms with Crippen LogP contribution in [0.2, 0.25) is 0 Å². The zero-order valence-corrected chi connectivity index (χ0v) is 27.6. The van der Waals surface area contributed by atoms with Crippen molar-refractivity contribution in [2.24, 2.45) is 0 Å². The van der Waals surface area contributed by atoms with Crippen molar-refractivity contribution < 1.29 is 0 Å². The van der Waals surface area contributed by atoms with Crippen molar-refractivity contribution in [1.82, 2.24) is 9.97 Å². The summed E-state index contributed by atoms with van der Waals surface area (Å²) in [6.45, 7) is 7.86. The maximum absolute atomic E-state index is 7.86. The zero-order valence-electron chi connectivity index (χ0n) is 27.6. The lowest BCUT2D eigenvalue weighted by molar-refractivity contribution is 0.794. The van der Waals surface area contributed by atoms with Gasteiger partial charge in [0.2, 0.25) is 0 Å². The van der Waals surface area contributed by atoms with Crippen molar-refractivity contribution in [2.45, 2.75) is 5.41 Å². The van der Waals surface area contributed by atoms with Gasteiger partial charge in [0.15, 0.2) is 11.5 Å². The molecule has 0 N–H and O–H groups in total. The Morgan fingerprint density at radius 1 is 0.373 bits per heavy atom. The lowest BCUT2D eigenvalue weighted by atomic mass is 9.70. The summed E-state index contributed by atoms with van der Waals surface area (Å²) in [5.74, 6) is 0.699. The van der Waals surface area contributed by atoms with E-state index in [1.165, 1.54) is 38.9 Å². The summed E-state index contributed by atoms with van der Waals surface area (Å²) in [5, 5.41) is 0. The quantitative estimate of drug-likeness (QED) is 0.178. The first-order chi connectivity index (χ1) is 25.2. The average molecular weight is 648 g/mol. The number of rotatable bonds is 4. The summed E-state index contributed by atoms with van der Waals surface area (Å²) >= 11 is 0. The molecule has 0 bridgehead atoms. The Morgan fingerprint density at radius 3 is 1.57 bits per heavy atom. The van der Waals surface area contributed by atoms with Crippen LogP contribution in [0.1, 0.15) is 22.3 Å². The Labute approximate surface area is 297 Å². The van der Waals surface area contributed by atoms with Crippen LogP contribution in [0.5, 0.6) is 0 Å². The van der Waals surface area contributed by atoms with Gasteiger partial charge >= 0.3 is 0 Å². The minimum Gasteiger partial charge on any atom is -0.238 e. The molecular weight excluding hydrogens is 619 g/mol. The van der Waals surface area contributed by atoms with Gasteiger partial charge in [-0.3, -0.25) is 0 Å². The van der Waals surface area contributed by atoms with Crippen molar-refractivity contribution in [3.8, 4) is 67.3 Å². The van der Waals surface area contributed by atoms with Gasteiger partial charge in [-0.05, 0) is 79.9 Å². The van der Waals surface area contributed by atoms with Crippen LogP contribution in [0.15, 0.2) is 176 Å². The van der Waals surface area contributed by atoms with E-state index in [-0.39, 0.29) is 0 Å². The van der Waals surface area contributed by atoms with E-state index in [1.807, 2.05) is 42.5 Å². The molecule has 0 unspecified atom stereocenters. The second kappa shape index (κ2) is 11.3. The van der Waals surface area contributed by atoms with Crippen LogP contribution in [-0.4, -0.2) is 9.97 Å². The fourth-order valence-corrected chi connectivity index (χ4v) is 8.31. The Bertz CT molecular complexity index is 2600. The van der Waals surface area contributed by atoms with Crippen molar-refractivity contribution >= 4 is 5.69 Å². The smallest absolute Gasteiger partial charge is 0.187 e. The molecule has 8 aromatic rings. The van der Waals surface area contributed by atoms with E-state index < -0.39 is 5.41 Å². The van der Waals surface area contributed by atoms with Crippen LogP contribution in [0.25, 0.3) is 72.1 Å². The van der Waals surface area contributed by atoms with E-state index >= 15 is 0 Å². The number of hydrogen-bond acceptors (Lipinski definition) is 2. The molecule has 0 amide bonds. The highest BCUT2D eigenvalue weighted by Crippen LogP contribution is 2.63. The first-order valence-electron chi connectivity index (χ1n) is 17.2. The Balaban J connectivity index is 1.15. The van der Waals surface area contributed by atoms with Gasteiger partial charge in [-0.15, -0.1) is 0 Å². The molecule has 3 heteroatoms. The van der Waals surface area contributed by atoms with Crippen molar-refractivity contribution in [2.75, 3.05) is 0 Å². The first-order valence-corrected chi connectivity index (χ1v) is 17.2. The molecular formula is C48H29N3. The first kappa shape index (κ1) is 29.1. The van der Waals surface area contributed by atoms with Crippen molar-refractivity contribution in [3.63, 3.8) is 0 Å². The topological polar surface area (TPSA) is 30.1 Å². The monoisotopic (exact) mass is 647 g/mol. The summed E-state index contributed by atoms with van der Waals surface area (Å²) in [4.78, 5) is 13.9. The van der Waals surface area contributed by atoms with E-state index in [4.69, 9.17) is 16.5 Å². The number of nitrogens with zero attached hydrogens (tertiary/aromatic N) is 3. The fraction of sp³-hybridized carbons (Fsp3) is 0.0208. The molecule has 1 spiro atoms. The number of hydrogen-bond donors (Lipinski definition) is 0. The van der Waals surface area contributed by atoms with Gasteiger partial charge in [0.25, 0.3) is 0 Å². The zero-order chi connectivity index (χ0) is 33.9. The molecule has 0 radical (unpaired) electrons. The fourth-order valence-electron chi connectivity index (χ4n) is 8.31. The van der Waals surface area contributed by atoms with Gasteiger partial charge in [-0.25, -0.2) is 14.8 Å². The van der Waals surface area contributed by atoms with E-state index in [0.717, 1.165) is 44.8 Å². The lowest BCUT2D eigenvalue weighted by Crippen LogP contribution is -2.25. The highest BCUT2D eigenvalue weighted by atomic mass is 14.9. The third kappa shape index (κ3) is 4.37. The van der Waals surface area contributed by atoms with Gasteiger partial charge in [0, 0.05) is 16.7 Å². The van der Waals surface area contributed by atoms with E-state index in [9.17, 15) is 0 Å². The largest absolute Gasteiger partial charge is 0.238 e. The Kier molecular flexibility index (Phi) is 6.46. The van der Waals surface area contributed by atoms with Gasteiger partial charge < -0.3 is 0 Å². The summed E-state index contributed by atoms with van der Waals surface area (Å²) in [6, 6.07) is 61.9. The van der Waals surface area contributed by atoms with Crippen molar-refractivity contribution in [3.05, 3.63) is 210 Å². The molecule has 51 heavy (non-hydrogen) atoms. The molecule has 0 aliphatic heterocycles. The highest BCUT2D eigenvalue weighted by Gasteiger charge is 2.51. The lowest BCUT2D eigenvalue weighted by Gasteiger charge is -2.30. The molecule has 3 nitrogen and oxygen atoms in total. The van der Waals surface area contributed by atoms with Crippen LogP contribution in [0.4, 0.5) is 5.69 Å². The normalized spacial score (nSPS) is 12.8. The van der Waals surface area contributed by atoms with E-state index in [1.54, 1.807) is 0 Å². The predicted octanol–water partition coefficient (Wildman–Crippen LogP) is 12.0. The molecule has 0 saturated heterocycles. The van der Waals surface area contributed by atoms with Gasteiger partial charge in [-0.2, -0.15) is 0 Å². The number of aromatic nitrogens is 2.